The molecule has 29 heavy (non-hydrogen) atoms. The Hall–Kier alpha value is -1.94. The number of methoxy groups -OCH3 is 2. The number of halogens is 1. The molecule has 1 fully saturated rings. The van der Waals surface area contributed by atoms with Crippen LogP contribution in [0.15, 0.2) is 46.0 Å². The lowest BCUT2D eigenvalue weighted by atomic mass is 10.2. The van der Waals surface area contributed by atoms with Gasteiger partial charge in [-0.1, -0.05) is 0 Å². The first-order valence-electron chi connectivity index (χ1n) is 9.65. The first-order chi connectivity index (χ1) is 13.8. The van der Waals surface area contributed by atoms with Crippen molar-refractivity contribution in [1.29, 1.82) is 0 Å². The third kappa shape index (κ3) is 7.43. The standard InChI is InChI=1S/C21H29N3O4.HI/c1-25-18-8-7-16(20(13-18)26-2)14-23-21(24-15-19-6-4-12-28-19)22-10-9-17-5-3-11-27-17;/h3,5,7-8,11,13,19H,4,6,9-10,12,14-15H2,1-2H3,(H2,22,23,24);1H. The lowest BCUT2D eigenvalue weighted by molar-refractivity contribution is 0.114. The topological polar surface area (TPSA) is 77.2 Å². The van der Waals surface area contributed by atoms with Gasteiger partial charge >= 0.3 is 0 Å². The number of nitrogens with one attached hydrogen (secondary N) is 2. The van der Waals surface area contributed by atoms with Crippen LogP contribution in [-0.2, 0) is 17.7 Å². The van der Waals surface area contributed by atoms with Crippen molar-refractivity contribution in [3.05, 3.63) is 47.9 Å². The summed E-state index contributed by atoms with van der Waals surface area (Å²) in [5.74, 6) is 3.22. The van der Waals surface area contributed by atoms with Gasteiger partial charge in [0.2, 0.25) is 0 Å². The molecule has 7 nitrogen and oxygen atoms in total. The molecule has 0 saturated carbocycles. The molecule has 1 aromatic carbocycles. The Morgan fingerprint density at radius 2 is 2.10 bits per heavy atom. The number of furan rings is 1. The molecule has 0 amide bonds. The lowest BCUT2D eigenvalue weighted by Crippen LogP contribution is -2.41. The van der Waals surface area contributed by atoms with E-state index in [2.05, 4.69) is 10.6 Å². The molecule has 0 spiro atoms. The van der Waals surface area contributed by atoms with Crippen molar-refractivity contribution >= 4 is 29.9 Å². The highest BCUT2D eigenvalue weighted by atomic mass is 127. The Morgan fingerprint density at radius 3 is 2.79 bits per heavy atom. The zero-order valence-electron chi connectivity index (χ0n) is 17.0. The monoisotopic (exact) mass is 515 g/mol. The van der Waals surface area contributed by atoms with E-state index in [1.807, 2.05) is 30.3 Å². The van der Waals surface area contributed by atoms with Crippen LogP contribution in [0, 0.1) is 0 Å². The minimum absolute atomic E-state index is 0. The smallest absolute Gasteiger partial charge is 0.191 e. The highest BCUT2D eigenvalue weighted by Crippen LogP contribution is 2.25. The number of ether oxygens (including phenoxy) is 3. The molecule has 1 unspecified atom stereocenters. The van der Waals surface area contributed by atoms with Crippen molar-refractivity contribution in [1.82, 2.24) is 10.6 Å². The van der Waals surface area contributed by atoms with E-state index in [0.29, 0.717) is 6.54 Å². The summed E-state index contributed by atoms with van der Waals surface area (Å²) in [5.41, 5.74) is 0.993. The van der Waals surface area contributed by atoms with Crippen LogP contribution in [0.5, 0.6) is 11.5 Å². The summed E-state index contributed by atoms with van der Waals surface area (Å²) in [6, 6.07) is 9.63. The van der Waals surface area contributed by atoms with Crippen LogP contribution >= 0.6 is 24.0 Å². The summed E-state index contributed by atoms with van der Waals surface area (Å²) in [4.78, 5) is 4.73. The summed E-state index contributed by atoms with van der Waals surface area (Å²) in [6.07, 6.45) is 4.93. The Bertz CT molecular complexity index is 746. The number of hydrogen-bond donors (Lipinski definition) is 2. The van der Waals surface area contributed by atoms with Crippen molar-refractivity contribution in [2.45, 2.75) is 31.9 Å². The molecule has 8 heteroatoms. The van der Waals surface area contributed by atoms with Crippen LogP contribution in [0.3, 0.4) is 0 Å². The van der Waals surface area contributed by atoms with Crippen LogP contribution < -0.4 is 20.1 Å². The molecule has 1 aromatic heterocycles. The van der Waals surface area contributed by atoms with Crippen LogP contribution in [-0.4, -0.2) is 46.0 Å². The molecule has 0 bridgehead atoms. The van der Waals surface area contributed by atoms with Gasteiger partial charge in [0.15, 0.2) is 5.96 Å². The van der Waals surface area contributed by atoms with E-state index in [4.69, 9.17) is 23.6 Å². The lowest BCUT2D eigenvalue weighted by Gasteiger charge is -2.16. The Morgan fingerprint density at radius 1 is 1.21 bits per heavy atom. The van der Waals surface area contributed by atoms with Gasteiger partial charge in [0.1, 0.15) is 17.3 Å². The number of benzene rings is 1. The van der Waals surface area contributed by atoms with Crippen LogP contribution in [0.2, 0.25) is 0 Å². The van der Waals surface area contributed by atoms with Crippen molar-refractivity contribution in [2.24, 2.45) is 4.99 Å². The van der Waals surface area contributed by atoms with Gasteiger partial charge in [0.25, 0.3) is 0 Å². The zero-order valence-corrected chi connectivity index (χ0v) is 19.3. The highest BCUT2D eigenvalue weighted by molar-refractivity contribution is 14.0. The van der Waals surface area contributed by atoms with Gasteiger partial charge in [-0.05, 0) is 37.1 Å². The average molecular weight is 515 g/mol. The first-order valence-corrected chi connectivity index (χ1v) is 9.65. The van der Waals surface area contributed by atoms with Crippen molar-refractivity contribution in [3.63, 3.8) is 0 Å². The molecule has 0 radical (unpaired) electrons. The number of rotatable bonds is 9. The predicted octanol–water partition coefficient (Wildman–Crippen LogP) is 3.37. The molecule has 1 aliphatic heterocycles. The Kier molecular flexibility index (Phi) is 10.1. The molecule has 1 saturated heterocycles. The number of hydrogen-bond acceptors (Lipinski definition) is 5. The predicted molar refractivity (Wildman–Crippen MR) is 123 cm³/mol. The zero-order chi connectivity index (χ0) is 19.6. The van der Waals surface area contributed by atoms with Gasteiger partial charge < -0.3 is 29.3 Å². The maximum Gasteiger partial charge on any atom is 0.191 e. The molecule has 1 aliphatic rings. The molecule has 2 aromatic rings. The van der Waals surface area contributed by atoms with Crippen molar-refractivity contribution in [2.75, 3.05) is 33.9 Å². The fourth-order valence-corrected chi connectivity index (χ4v) is 3.10. The van der Waals surface area contributed by atoms with Gasteiger partial charge in [-0.3, -0.25) is 0 Å². The fourth-order valence-electron chi connectivity index (χ4n) is 3.10. The Balaban J connectivity index is 0.00000300. The molecule has 1 atom stereocenters. The summed E-state index contributed by atoms with van der Waals surface area (Å²) >= 11 is 0. The summed E-state index contributed by atoms with van der Waals surface area (Å²) in [6.45, 7) is 2.81. The van der Waals surface area contributed by atoms with Crippen molar-refractivity contribution in [3.8, 4) is 11.5 Å². The van der Waals surface area contributed by atoms with E-state index >= 15 is 0 Å². The second-order valence-electron chi connectivity index (χ2n) is 6.61. The molecule has 2 heterocycles. The SMILES string of the molecule is COc1ccc(CN=C(NCCc2ccco2)NCC2CCCO2)c(OC)c1.I. The van der Waals surface area contributed by atoms with Gasteiger partial charge in [-0.15, -0.1) is 24.0 Å². The maximum atomic E-state index is 5.70. The average Bonchev–Trinajstić information content (AvgIpc) is 3.43. The van der Waals surface area contributed by atoms with Crippen LogP contribution in [0.1, 0.15) is 24.2 Å². The van der Waals surface area contributed by atoms with Crippen molar-refractivity contribution < 1.29 is 18.6 Å². The normalized spacial score (nSPS) is 16.2. The van der Waals surface area contributed by atoms with Gasteiger partial charge in [-0.2, -0.15) is 0 Å². The van der Waals surface area contributed by atoms with Gasteiger partial charge in [-0.25, -0.2) is 4.99 Å². The third-order valence-corrected chi connectivity index (χ3v) is 4.67. The van der Waals surface area contributed by atoms with E-state index in [-0.39, 0.29) is 30.1 Å². The molecule has 160 valence electrons. The number of aliphatic imine (C=N–C) groups is 1. The molecular weight excluding hydrogens is 485 g/mol. The van der Waals surface area contributed by atoms with E-state index in [9.17, 15) is 0 Å². The largest absolute Gasteiger partial charge is 0.497 e. The van der Waals surface area contributed by atoms with Gasteiger partial charge in [0.05, 0.1) is 33.1 Å². The third-order valence-electron chi connectivity index (χ3n) is 4.67. The quantitative estimate of drug-likeness (QED) is 0.303. The first kappa shape index (κ1) is 23.3. The maximum absolute atomic E-state index is 5.70. The summed E-state index contributed by atoms with van der Waals surface area (Å²) in [7, 11) is 3.29. The van der Waals surface area contributed by atoms with E-state index in [1.54, 1.807) is 20.5 Å². The summed E-state index contributed by atoms with van der Waals surface area (Å²) in [5, 5.41) is 6.76. The minimum Gasteiger partial charge on any atom is -0.497 e. The van der Waals surface area contributed by atoms with E-state index < -0.39 is 0 Å². The molecule has 2 N–H and O–H groups in total. The summed E-state index contributed by atoms with van der Waals surface area (Å²) < 4.78 is 21.8. The van der Waals surface area contributed by atoms with E-state index in [1.165, 1.54) is 0 Å². The van der Waals surface area contributed by atoms with E-state index in [0.717, 1.165) is 67.7 Å². The molecule has 3 rings (SSSR count). The number of nitrogens with zero attached hydrogens (tertiary/aromatic N) is 1. The fraction of sp³-hybridized carbons (Fsp3) is 0.476. The van der Waals surface area contributed by atoms with Crippen LogP contribution in [0.25, 0.3) is 0 Å². The second-order valence-corrected chi connectivity index (χ2v) is 6.61. The molecular formula is C21H30IN3O4. The molecule has 0 aliphatic carbocycles. The number of guanidine groups is 1. The Labute approximate surface area is 189 Å². The highest BCUT2D eigenvalue weighted by Gasteiger charge is 2.15. The van der Waals surface area contributed by atoms with Gasteiger partial charge in [0, 0.05) is 37.7 Å². The second kappa shape index (κ2) is 12.6. The van der Waals surface area contributed by atoms with Crippen LogP contribution in [0.4, 0.5) is 0 Å². The minimum atomic E-state index is 0.